The monoisotopic (exact) mass is 349 g/mol. The highest BCUT2D eigenvalue weighted by Gasteiger charge is 2.27. The van der Waals surface area contributed by atoms with E-state index in [-0.39, 0.29) is 30.5 Å². The van der Waals surface area contributed by atoms with Gasteiger partial charge < -0.3 is 25.8 Å². The summed E-state index contributed by atoms with van der Waals surface area (Å²) in [7, 11) is 3.12. The Labute approximate surface area is 141 Å². The normalized spacial score (nSPS) is 20.9. The van der Waals surface area contributed by atoms with Gasteiger partial charge in [-0.25, -0.2) is 0 Å². The first-order valence-electron chi connectivity index (χ1n) is 6.74. The second-order valence-electron chi connectivity index (χ2n) is 4.92. The molecule has 2 rings (SSSR count). The summed E-state index contributed by atoms with van der Waals surface area (Å²) in [4.78, 5) is 12.5. The van der Waals surface area contributed by atoms with Gasteiger partial charge in [0.15, 0.2) is 0 Å². The third kappa shape index (κ3) is 4.16. The van der Waals surface area contributed by atoms with Crippen LogP contribution in [0.1, 0.15) is 16.8 Å². The standard InChI is InChI=1S/C14H20ClN3O3.ClH/c1-20-12-6-10(16)9(15)5-8(12)14(19)18-11-3-4-17-7-13(11)21-2;/h5-6,11,13,17H,3-4,7,16H2,1-2H3,(H,18,19);1H/t11-,13+;/m1./s1. The lowest BCUT2D eigenvalue weighted by atomic mass is 10.0. The van der Waals surface area contributed by atoms with Gasteiger partial charge in [-0.15, -0.1) is 12.4 Å². The zero-order valence-corrected chi connectivity index (χ0v) is 14.1. The second kappa shape index (κ2) is 8.43. The number of hydrogen-bond acceptors (Lipinski definition) is 5. The van der Waals surface area contributed by atoms with Crippen LogP contribution < -0.4 is 21.1 Å². The summed E-state index contributed by atoms with van der Waals surface area (Å²) >= 11 is 5.99. The van der Waals surface area contributed by atoms with E-state index in [1.807, 2.05) is 0 Å². The Kier molecular flexibility index (Phi) is 7.22. The number of nitrogens with one attached hydrogen (secondary N) is 2. The summed E-state index contributed by atoms with van der Waals surface area (Å²) < 4.78 is 10.6. The molecule has 0 radical (unpaired) electrons. The molecule has 22 heavy (non-hydrogen) atoms. The molecule has 2 atom stereocenters. The summed E-state index contributed by atoms with van der Waals surface area (Å²) in [5.41, 5.74) is 6.46. The number of ether oxygens (including phenoxy) is 2. The molecule has 0 aromatic heterocycles. The Bertz CT molecular complexity index is 528. The SMILES string of the molecule is COc1cc(N)c(Cl)cc1C(=O)N[C@@H]1CCNC[C@@H]1OC.Cl. The predicted octanol–water partition coefficient (Wildman–Crippen LogP) is 1.46. The minimum atomic E-state index is -0.247. The van der Waals surface area contributed by atoms with Gasteiger partial charge in [0.25, 0.3) is 5.91 Å². The van der Waals surface area contributed by atoms with Crippen molar-refractivity contribution in [3.63, 3.8) is 0 Å². The van der Waals surface area contributed by atoms with E-state index < -0.39 is 0 Å². The molecule has 1 aliphatic heterocycles. The van der Waals surface area contributed by atoms with Gasteiger partial charge in [0.05, 0.1) is 35.5 Å². The van der Waals surface area contributed by atoms with Gasteiger partial charge in [-0.2, -0.15) is 0 Å². The summed E-state index contributed by atoms with van der Waals surface area (Å²) in [6, 6.07) is 3.02. The molecule has 8 heteroatoms. The van der Waals surface area contributed by atoms with Crippen LogP contribution in [0.2, 0.25) is 5.02 Å². The molecule has 0 aliphatic carbocycles. The van der Waals surface area contributed by atoms with Crippen molar-refractivity contribution in [3.05, 3.63) is 22.7 Å². The Morgan fingerprint density at radius 2 is 2.18 bits per heavy atom. The Morgan fingerprint density at radius 3 is 2.82 bits per heavy atom. The molecule has 1 heterocycles. The van der Waals surface area contributed by atoms with Crippen molar-refractivity contribution in [2.24, 2.45) is 0 Å². The largest absolute Gasteiger partial charge is 0.496 e. The van der Waals surface area contributed by atoms with Gasteiger partial charge >= 0.3 is 0 Å². The van der Waals surface area contributed by atoms with Crippen LogP contribution in [0.4, 0.5) is 5.69 Å². The summed E-state index contributed by atoms with van der Waals surface area (Å²) in [5.74, 6) is 0.153. The first-order chi connectivity index (χ1) is 10.1. The van der Waals surface area contributed by atoms with Crippen molar-refractivity contribution in [3.8, 4) is 5.75 Å². The number of rotatable bonds is 4. The molecule has 1 fully saturated rings. The number of carbonyl (C=O) groups excluding carboxylic acids is 1. The molecule has 1 aromatic rings. The highest BCUT2D eigenvalue weighted by Crippen LogP contribution is 2.29. The molecule has 1 aliphatic rings. The smallest absolute Gasteiger partial charge is 0.255 e. The minimum Gasteiger partial charge on any atom is -0.496 e. The van der Waals surface area contributed by atoms with E-state index in [1.54, 1.807) is 13.2 Å². The van der Waals surface area contributed by atoms with Gasteiger partial charge in [0.2, 0.25) is 0 Å². The van der Waals surface area contributed by atoms with Crippen molar-refractivity contribution < 1.29 is 14.3 Å². The van der Waals surface area contributed by atoms with Crippen LogP contribution in [-0.2, 0) is 4.74 Å². The van der Waals surface area contributed by atoms with Crippen LogP contribution >= 0.6 is 24.0 Å². The predicted molar refractivity (Wildman–Crippen MR) is 89.2 cm³/mol. The fraction of sp³-hybridized carbons (Fsp3) is 0.500. The number of methoxy groups -OCH3 is 2. The number of anilines is 1. The maximum Gasteiger partial charge on any atom is 0.255 e. The Hall–Kier alpha value is -1.21. The lowest BCUT2D eigenvalue weighted by Gasteiger charge is -2.31. The van der Waals surface area contributed by atoms with E-state index in [0.29, 0.717) is 28.6 Å². The average Bonchev–Trinajstić information content (AvgIpc) is 2.50. The number of nitrogens with two attached hydrogens (primary N) is 1. The van der Waals surface area contributed by atoms with E-state index >= 15 is 0 Å². The highest BCUT2D eigenvalue weighted by atomic mass is 35.5. The molecule has 6 nitrogen and oxygen atoms in total. The average molecular weight is 350 g/mol. The molecule has 0 unspecified atom stereocenters. The van der Waals surface area contributed by atoms with Crippen molar-refractivity contribution >= 4 is 35.6 Å². The number of carbonyl (C=O) groups is 1. The van der Waals surface area contributed by atoms with Gasteiger partial charge in [-0.05, 0) is 19.0 Å². The van der Waals surface area contributed by atoms with Gasteiger partial charge in [0.1, 0.15) is 5.75 Å². The fourth-order valence-corrected chi connectivity index (χ4v) is 2.57. The maximum absolute atomic E-state index is 12.5. The first-order valence-corrected chi connectivity index (χ1v) is 7.12. The third-order valence-electron chi connectivity index (χ3n) is 3.61. The van der Waals surface area contributed by atoms with E-state index in [2.05, 4.69) is 10.6 Å². The molecule has 4 N–H and O–H groups in total. The molecule has 1 amide bonds. The van der Waals surface area contributed by atoms with Crippen LogP contribution in [0.25, 0.3) is 0 Å². The van der Waals surface area contributed by atoms with Gasteiger partial charge in [-0.1, -0.05) is 11.6 Å². The van der Waals surface area contributed by atoms with E-state index in [4.69, 9.17) is 26.8 Å². The molecule has 0 saturated carbocycles. The van der Waals surface area contributed by atoms with Crippen molar-refractivity contribution in [1.82, 2.24) is 10.6 Å². The van der Waals surface area contributed by atoms with Crippen LogP contribution in [0.15, 0.2) is 12.1 Å². The fourth-order valence-electron chi connectivity index (χ4n) is 2.40. The van der Waals surface area contributed by atoms with Crippen LogP contribution in [0.5, 0.6) is 5.75 Å². The minimum absolute atomic E-state index is 0. The maximum atomic E-state index is 12.5. The molecule has 1 aromatic carbocycles. The summed E-state index contributed by atoms with van der Waals surface area (Å²) in [6.07, 6.45) is 0.743. The number of benzene rings is 1. The van der Waals surface area contributed by atoms with Crippen molar-refractivity contribution in [2.45, 2.75) is 18.6 Å². The molecule has 124 valence electrons. The van der Waals surface area contributed by atoms with E-state index in [1.165, 1.54) is 13.2 Å². The van der Waals surface area contributed by atoms with Crippen LogP contribution in [0.3, 0.4) is 0 Å². The highest BCUT2D eigenvalue weighted by molar-refractivity contribution is 6.33. The molecular formula is C14H21Cl2N3O3. The quantitative estimate of drug-likeness (QED) is 0.716. The number of amides is 1. The Morgan fingerprint density at radius 1 is 1.45 bits per heavy atom. The zero-order chi connectivity index (χ0) is 15.4. The molecule has 0 bridgehead atoms. The molecular weight excluding hydrogens is 329 g/mol. The zero-order valence-electron chi connectivity index (χ0n) is 12.5. The van der Waals surface area contributed by atoms with E-state index in [9.17, 15) is 4.79 Å². The van der Waals surface area contributed by atoms with Gasteiger partial charge in [0, 0.05) is 19.7 Å². The van der Waals surface area contributed by atoms with E-state index in [0.717, 1.165) is 13.0 Å². The molecule has 1 saturated heterocycles. The lowest BCUT2D eigenvalue weighted by Crippen LogP contribution is -2.53. The summed E-state index contributed by atoms with van der Waals surface area (Å²) in [5, 5.41) is 6.53. The number of halogens is 2. The molecule has 0 spiro atoms. The van der Waals surface area contributed by atoms with Crippen molar-refractivity contribution in [2.75, 3.05) is 33.0 Å². The number of hydrogen-bond donors (Lipinski definition) is 3. The van der Waals surface area contributed by atoms with Crippen LogP contribution in [0, 0.1) is 0 Å². The number of piperidine rings is 1. The van der Waals surface area contributed by atoms with Gasteiger partial charge in [-0.3, -0.25) is 4.79 Å². The third-order valence-corrected chi connectivity index (χ3v) is 3.94. The van der Waals surface area contributed by atoms with Crippen LogP contribution in [-0.4, -0.2) is 45.4 Å². The first kappa shape index (κ1) is 18.8. The Balaban J connectivity index is 0.00000242. The van der Waals surface area contributed by atoms with Crippen molar-refractivity contribution in [1.29, 1.82) is 0 Å². The summed E-state index contributed by atoms with van der Waals surface area (Å²) in [6.45, 7) is 1.55. The second-order valence-corrected chi connectivity index (χ2v) is 5.33. The topological polar surface area (TPSA) is 85.6 Å². The lowest BCUT2D eigenvalue weighted by molar-refractivity contribution is 0.0476. The number of nitrogen functional groups attached to an aromatic ring is 1.